The zero-order valence-electron chi connectivity index (χ0n) is 26.6. The minimum Gasteiger partial charge on any atom is -0.497 e. The number of methoxy groups -OCH3 is 1. The van der Waals surface area contributed by atoms with Gasteiger partial charge in [0.1, 0.15) is 22.6 Å². The summed E-state index contributed by atoms with van der Waals surface area (Å²) in [5.41, 5.74) is 1.58. The molecule has 1 aromatic carbocycles. The van der Waals surface area contributed by atoms with E-state index in [4.69, 9.17) is 19.4 Å². The number of amides is 2. The van der Waals surface area contributed by atoms with Crippen molar-refractivity contribution in [2.45, 2.75) is 75.9 Å². The van der Waals surface area contributed by atoms with Crippen molar-refractivity contribution in [1.29, 1.82) is 0 Å². The second-order valence-corrected chi connectivity index (χ2v) is 14.0. The maximum Gasteiger partial charge on any atom is 0.226 e. The lowest BCUT2D eigenvalue weighted by molar-refractivity contribution is -0.140. The second-order valence-electron chi connectivity index (χ2n) is 13.2. The Morgan fingerprint density at radius 1 is 1.16 bits per heavy atom. The van der Waals surface area contributed by atoms with Crippen LogP contribution in [0, 0.1) is 17.8 Å². The summed E-state index contributed by atoms with van der Waals surface area (Å²) in [6.45, 7) is 10.4. The second kappa shape index (κ2) is 12.9. The Labute approximate surface area is 269 Å². The van der Waals surface area contributed by atoms with Gasteiger partial charge >= 0.3 is 0 Å². The summed E-state index contributed by atoms with van der Waals surface area (Å²) in [6, 6.07) is 7.87. The molecule has 9 heteroatoms. The van der Waals surface area contributed by atoms with E-state index in [0.717, 1.165) is 58.6 Å². The summed E-state index contributed by atoms with van der Waals surface area (Å²) < 4.78 is 12.2. The lowest BCUT2D eigenvalue weighted by Crippen LogP contribution is -2.44. The summed E-state index contributed by atoms with van der Waals surface area (Å²) in [6.07, 6.45) is 10.4. The molecule has 0 radical (unpaired) electrons. The first-order valence-corrected chi connectivity index (χ1v) is 17.0. The number of hydrogen-bond acceptors (Lipinski definition) is 7. The lowest BCUT2D eigenvalue weighted by atomic mass is 9.93. The maximum absolute atomic E-state index is 13.8. The third-order valence-corrected chi connectivity index (χ3v) is 10.6. The summed E-state index contributed by atoms with van der Waals surface area (Å²) in [5.74, 6) is 0.985. The maximum atomic E-state index is 13.8. The summed E-state index contributed by atoms with van der Waals surface area (Å²) in [5, 5.41) is 8.03. The SMILES string of the molecule is C=CCCCCN(C)C(=O)[C@@H]1C[C@H](Oc2nc(-c3nc(C4CC4)cs3)cc3cc(OC)ccc23)C[C@H]1C(=O)N[C@]1(C)C[C@H]1C=C. The van der Waals surface area contributed by atoms with E-state index in [1.807, 2.05) is 50.4 Å². The molecule has 0 unspecified atom stereocenters. The van der Waals surface area contributed by atoms with Crippen molar-refractivity contribution in [3.05, 3.63) is 60.6 Å². The van der Waals surface area contributed by atoms with Gasteiger partial charge in [-0.3, -0.25) is 9.59 Å². The average Bonchev–Trinajstić information content (AvgIpc) is 3.88. The van der Waals surface area contributed by atoms with Crippen LogP contribution in [-0.4, -0.2) is 59.0 Å². The molecule has 238 valence electrons. The molecule has 2 heterocycles. The predicted molar refractivity (Wildman–Crippen MR) is 179 cm³/mol. The number of fused-ring (bicyclic) bond motifs is 1. The molecule has 3 aliphatic rings. The molecule has 3 fully saturated rings. The zero-order chi connectivity index (χ0) is 31.7. The monoisotopic (exact) mass is 628 g/mol. The lowest BCUT2D eigenvalue weighted by Gasteiger charge is -2.25. The van der Waals surface area contributed by atoms with Gasteiger partial charge in [0.15, 0.2) is 0 Å². The number of carbonyl (C=O) groups excluding carboxylic acids is 2. The third-order valence-electron chi connectivity index (χ3n) is 9.72. The van der Waals surface area contributed by atoms with E-state index in [9.17, 15) is 9.59 Å². The minimum atomic E-state index is -0.490. The molecule has 3 aliphatic carbocycles. The first kappa shape index (κ1) is 31.3. The molecule has 2 amide bonds. The highest BCUT2D eigenvalue weighted by atomic mass is 32.1. The van der Waals surface area contributed by atoms with Gasteiger partial charge in [0, 0.05) is 41.7 Å². The van der Waals surface area contributed by atoms with Crippen molar-refractivity contribution < 1.29 is 19.1 Å². The topological polar surface area (TPSA) is 93.7 Å². The van der Waals surface area contributed by atoms with Crippen molar-refractivity contribution >= 4 is 33.9 Å². The van der Waals surface area contributed by atoms with E-state index >= 15 is 0 Å². The number of ether oxygens (including phenoxy) is 2. The van der Waals surface area contributed by atoms with E-state index in [1.165, 1.54) is 12.8 Å². The average molecular weight is 629 g/mol. The Morgan fingerprint density at radius 3 is 2.67 bits per heavy atom. The summed E-state index contributed by atoms with van der Waals surface area (Å²) >= 11 is 1.60. The third kappa shape index (κ3) is 6.78. The number of nitrogens with one attached hydrogen (secondary N) is 1. The number of pyridine rings is 1. The van der Waals surface area contributed by atoms with E-state index in [1.54, 1.807) is 23.3 Å². The van der Waals surface area contributed by atoms with Gasteiger partial charge in [0.2, 0.25) is 17.7 Å². The van der Waals surface area contributed by atoms with Gasteiger partial charge in [0.05, 0.1) is 24.6 Å². The number of aromatic nitrogens is 2. The number of hydrogen-bond donors (Lipinski definition) is 1. The molecule has 45 heavy (non-hydrogen) atoms. The molecule has 3 saturated carbocycles. The van der Waals surface area contributed by atoms with Crippen molar-refractivity contribution in [3.63, 3.8) is 0 Å². The Balaban J connectivity index is 1.27. The molecule has 8 nitrogen and oxygen atoms in total. The zero-order valence-corrected chi connectivity index (χ0v) is 27.4. The van der Waals surface area contributed by atoms with Gasteiger partial charge in [-0.1, -0.05) is 12.2 Å². The standard InChI is InChI=1S/C36H44N4O4S/c1-6-8-9-10-15-40(4)35(42)29-19-26(18-28(29)32(41)39-36(3)20-24(36)7-2)44-33-27-14-13-25(43-5)16-23(27)17-30(37-33)34-38-31(21-45-34)22-11-12-22/h6-7,13-14,16-17,21-22,24,26,28-29H,1-2,8-12,15,18-20H2,3-5H3,(H,39,41)/t24-,26-,28-,29-,36-/m1/s1. The van der Waals surface area contributed by atoms with Crippen LogP contribution in [0.15, 0.2) is 55.0 Å². The van der Waals surface area contributed by atoms with Gasteiger partial charge in [-0.25, -0.2) is 9.97 Å². The fraction of sp³-hybridized carbons (Fsp3) is 0.500. The Kier molecular flexibility index (Phi) is 9.00. The van der Waals surface area contributed by atoms with Crippen LogP contribution in [0.1, 0.15) is 69.9 Å². The fourth-order valence-electron chi connectivity index (χ4n) is 6.60. The van der Waals surface area contributed by atoms with Crippen molar-refractivity contribution in [2.24, 2.45) is 17.8 Å². The van der Waals surface area contributed by atoms with Crippen LogP contribution < -0.4 is 14.8 Å². The van der Waals surface area contributed by atoms with Crippen LogP contribution in [0.25, 0.3) is 21.5 Å². The van der Waals surface area contributed by atoms with Crippen molar-refractivity contribution in [3.8, 4) is 22.3 Å². The summed E-state index contributed by atoms with van der Waals surface area (Å²) in [7, 11) is 3.49. The molecule has 0 aliphatic heterocycles. The number of carbonyl (C=O) groups is 2. The van der Waals surface area contributed by atoms with Crippen molar-refractivity contribution in [1.82, 2.24) is 20.2 Å². The number of unbranched alkanes of at least 4 members (excludes halogenated alkanes) is 2. The predicted octanol–water partition coefficient (Wildman–Crippen LogP) is 6.91. The Hall–Kier alpha value is -3.72. The van der Waals surface area contributed by atoms with Gasteiger partial charge in [0.25, 0.3) is 0 Å². The minimum absolute atomic E-state index is 0.00670. The van der Waals surface area contributed by atoms with Crippen LogP contribution in [0.3, 0.4) is 0 Å². The van der Waals surface area contributed by atoms with Gasteiger partial charge in [-0.15, -0.1) is 24.5 Å². The van der Waals surface area contributed by atoms with E-state index in [-0.39, 0.29) is 29.4 Å². The molecule has 6 rings (SSSR count). The molecule has 0 spiro atoms. The van der Waals surface area contributed by atoms with E-state index in [0.29, 0.717) is 31.2 Å². The fourth-order valence-corrected chi connectivity index (χ4v) is 7.46. The number of thiazole rings is 1. The van der Waals surface area contributed by atoms with Gasteiger partial charge in [-0.05, 0) is 87.9 Å². The van der Waals surface area contributed by atoms with Crippen molar-refractivity contribution in [2.75, 3.05) is 20.7 Å². The molecule has 0 bridgehead atoms. The van der Waals surface area contributed by atoms with Crippen LogP contribution in [0.2, 0.25) is 0 Å². The molecule has 0 saturated heterocycles. The van der Waals surface area contributed by atoms with Gasteiger partial charge in [-0.2, -0.15) is 0 Å². The highest BCUT2D eigenvalue weighted by molar-refractivity contribution is 7.13. The van der Waals surface area contributed by atoms with E-state index in [2.05, 4.69) is 23.9 Å². The number of allylic oxidation sites excluding steroid dienone is 1. The van der Waals surface area contributed by atoms with E-state index < -0.39 is 11.8 Å². The number of rotatable bonds is 14. The Morgan fingerprint density at radius 2 is 1.96 bits per heavy atom. The summed E-state index contributed by atoms with van der Waals surface area (Å²) in [4.78, 5) is 39.2. The smallest absolute Gasteiger partial charge is 0.226 e. The molecular formula is C36H44N4O4S. The number of nitrogens with zero attached hydrogens (tertiary/aromatic N) is 3. The quantitative estimate of drug-likeness (QED) is 0.154. The highest BCUT2D eigenvalue weighted by Crippen LogP contribution is 2.46. The molecule has 5 atom stereocenters. The van der Waals surface area contributed by atoms with Crippen LogP contribution in [-0.2, 0) is 9.59 Å². The normalized spacial score (nSPS) is 25.5. The molecular weight excluding hydrogens is 584 g/mol. The molecule has 3 aromatic rings. The molecule has 1 N–H and O–H groups in total. The van der Waals surface area contributed by atoms with Crippen LogP contribution in [0.4, 0.5) is 0 Å². The Bertz CT molecular complexity index is 1600. The van der Waals surface area contributed by atoms with Crippen LogP contribution >= 0.6 is 11.3 Å². The number of benzene rings is 1. The van der Waals surface area contributed by atoms with Gasteiger partial charge < -0.3 is 19.7 Å². The first-order valence-electron chi connectivity index (χ1n) is 16.1. The first-order chi connectivity index (χ1) is 21.7. The largest absolute Gasteiger partial charge is 0.497 e. The highest BCUT2D eigenvalue weighted by Gasteiger charge is 2.52. The molecule has 2 aromatic heterocycles. The van der Waals surface area contributed by atoms with Crippen LogP contribution in [0.5, 0.6) is 11.6 Å².